The van der Waals surface area contributed by atoms with E-state index in [9.17, 15) is 13.2 Å². The van der Waals surface area contributed by atoms with Gasteiger partial charge >= 0.3 is 0 Å². The van der Waals surface area contributed by atoms with Crippen molar-refractivity contribution < 1.29 is 13.2 Å². The molecule has 1 saturated heterocycles. The molecule has 0 spiro atoms. The van der Waals surface area contributed by atoms with Gasteiger partial charge in [0.15, 0.2) is 5.17 Å². The zero-order valence-corrected chi connectivity index (χ0v) is 15.5. The number of amides is 1. The van der Waals surface area contributed by atoms with Crippen LogP contribution in [0.4, 0.5) is 5.69 Å². The third-order valence-electron chi connectivity index (χ3n) is 3.84. The summed E-state index contributed by atoms with van der Waals surface area (Å²) in [5, 5.41) is -0.129. The number of rotatable bonds is 4. The molecule has 1 heterocycles. The molecule has 1 unspecified atom stereocenters. The maximum absolute atomic E-state index is 12.6. The Morgan fingerprint density at radius 2 is 1.72 bits per heavy atom. The van der Waals surface area contributed by atoms with Crippen LogP contribution in [0.5, 0.6) is 0 Å². The van der Waals surface area contributed by atoms with Crippen LogP contribution in [-0.2, 0) is 14.8 Å². The van der Waals surface area contributed by atoms with Crippen molar-refractivity contribution >= 4 is 38.5 Å². The summed E-state index contributed by atoms with van der Waals surface area (Å²) in [5.74, 6) is -0.142. The van der Waals surface area contributed by atoms with Gasteiger partial charge in [0.25, 0.3) is 10.0 Å². The Balaban J connectivity index is 2.04. The number of amidine groups is 1. The SMILES string of the molecule is CCC1S/C(=N/S(=O)(=O)c2ccc(C)cc2)N(c2ccccc2)C1=O. The van der Waals surface area contributed by atoms with Gasteiger partial charge in [0.05, 0.1) is 15.8 Å². The van der Waals surface area contributed by atoms with Gasteiger partial charge in [-0.2, -0.15) is 8.42 Å². The van der Waals surface area contributed by atoms with Crippen molar-refractivity contribution in [2.75, 3.05) is 4.90 Å². The van der Waals surface area contributed by atoms with Crippen molar-refractivity contribution in [2.45, 2.75) is 30.4 Å². The third-order valence-corrected chi connectivity index (χ3v) is 6.54. The first-order valence-corrected chi connectivity index (χ1v) is 10.2. The largest absolute Gasteiger partial charge is 0.284 e. The molecule has 25 heavy (non-hydrogen) atoms. The number of hydrogen-bond donors (Lipinski definition) is 0. The van der Waals surface area contributed by atoms with Crippen molar-refractivity contribution in [3.05, 3.63) is 60.2 Å². The summed E-state index contributed by atoms with van der Waals surface area (Å²) in [4.78, 5) is 14.2. The van der Waals surface area contributed by atoms with Gasteiger partial charge in [-0.1, -0.05) is 54.6 Å². The average molecular weight is 374 g/mol. The fourth-order valence-corrected chi connectivity index (χ4v) is 4.74. The summed E-state index contributed by atoms with van der Waals surface area (Å²) >= 11 is 1.19. The van der Waals surface area contributed by atoms with Crippen LogP contribution < -0.4 is 4.90 Å². The predicted molar refractivity (Wildman–Crippen MR) is 101 cm³/mol. The number of para-hydroxylation sites is 1. The third kappa shape index (κ3) is 3.62. The number of sulfonamides is 1. The van der Waals surface area contributed by atoms with E-state index in [0.29, 0.717) is 12.1 Å². The van der Waals surface area contributed by atoms with Crippen LogP contribution in [0.1, 0.15) is 18.9 Å². The van der Waals surface area contributed by atoms with E-state index in [4.69, 9.17) is 0 Å². The first-order chi connectivity index (χ1) is 11.9. The van der Waals surface area contributed by atoms with Crippen LogP contribution in [-0.4, -0.2) is 24.7 Å². The number of hydrogen-bond acceptors (Lipinski definition) is 4. The number of anilines is 1. The molecule has 3 rings (SSSR count). The summed E-state index contributed by atoms with van der Waals surface area (Å²) in [5.41, 5.74) is 1.59. The van der Waals surface area contributed by atoms with Gasteiger partial charge in [0.2, 0.25) is 5.91 Å². The molecule has 0 saturated carbocycles. The fourth-order valence-electron chi connectivity index (χ4n) is 2.47. The second-order valence-electron chi connectivity index (χ2n) is 5.69. The number of thioether (sulfide) groups is 1. The second kappa shape index (κ2) is 7.01. The quantitative estimate of drug-likeness (QED) is 0.820. The highest BCUT2D eigenvalue weighted by atomic mass is 32.2. The smallest absolute Gasteiger partial charge is 0.273 e. The minimum absolute atomic E-state index is 0.117. The summed E-state index contributed by atoms with van der Waals surface area (Å²) in [7, 11) is -3.88. The molecule has 0 aliphatic carbocycles. The highest BCUT2D eigenvalue weighted by Gasteiger charge is 2.39. The Hall–Kier alpha value is -2.12. The van der Waals surface area contributed by atoms with Gasteiger partial charge in [-0.15, -0.1) is 4.40 Å². The van der Waals surface area contributed by atoms with Crippen LogP contribution in [0.15, 0.2) is 63.9 Å². The van der Waals surface area contributed by atoms with Crippen molar-refractivity contribution in [3.8, 4) is 0 Å². The topological polar surface area (TPSA) is 66.8 Å². The molecule has 0 bridgehead atoms. The Morgan fingerprint density at radius 1 is 1.08 bits per heavy atom. The predicted octanol–water partition coefficient (Wildman–Crippen LogP) is 3.60. The van der Waals surface area contributed by atoms with Crippen molar-refractivity contribution in [1.29, 1.82) is 0 Å². The van der Waals surface area contributed by atoms with Gasteiger partial charge in [-0.05, 0) is 37.6 Å². The highest BCUT2D eigenvalue weighted by molar-refractivity contribution is 8.16. The molecule has 1 fully saturated rings. The van der Waals surface area contributed by atoms with E-state index in [1.165, 1.54) is 28.8 Å². The summed E-state index contributed by atoms with van der Waals surface area (Å²) in [6.45, 7) is 3.78. The van der Waals surface area contributed by atoms with Crippen LogP contribution >= 0.6 is 11.8 Å². The molecule has 7 heteroatoms. The molecule has 5 nitrogen and oxygen atoms in total. The molecule has 1 amide bonds. The number of nitrogens with zero attached hydrogens (tertiary/aromatic N) is 2. The Labute approximate surface area is 151 Å². The standard InChI is InChI=1S/C18H18N2O3S2/c1-3-16-17(21)20(14-7-5-4-6-8-14)18(24-16)19-25(22,23)15-11-9-13(2)10-12-15/h4-12,16H,3H2,1-2H3/b19-18+. The molecule has 0 radical (unpaired) electrons. The molecule has 2 aromatic carbocycles. The monoisotopic (exact) mass is 374 g/mol. The number of carbonyl (C=O) groups excluding carboxylic acids is 1. The zero-order chi connectivity index (χ0) is 18.0. The second-order valence-corrected chi connectivity index (χ2v) is 8.46. The van der Waals surface area contributed by atoms with Crippen molar-refractivity contribution in [2.24, 2.45) is 4.40 Å². The van der Waals surface area contributed by atoms with Crippen molar-refractivity contribution in [1.82, 2.24) is 0 Å². The van der Waals surface area contributed by atoms with Crippen LogP contribution in [0.3, 0.4) is 0 Å². The van der Waals surface area contributed by atoms with Gasteiger partial charge in [0.1, 0.15) is 0 Å². The molecule has 0 aromatic heterocycles. The van der Waals surface area contributed by atoms with Gasteiger partial charge in [-0.3, -0.25) is 9.69 Å². The molecular weight excluding hydrogens is 356 g/mol. The molecule has 2 aromatic rings. The van der Waals surface area contributed by atoms with E-state index >= 15 is 0 Å². The minimum Gasteiger partial charge on any atom is -0.273 e. The molecule has 1 atom stereocenters. The summed E-state index contributed by atoms with van der Waals surface area (Å²) < 4.78 is 29.2. The van der Waals surface area contributed by atoms with E-state index in [2.05, 4.69) is 4.40 Å². The van der Waals surface area contributed by atoms with E-state index in [0.717, 1.165) is 5.56 Å². The first-order valence-electron chi connectivity index (χ1n) is 7.89. The Bertz CT molecular complexity index is 907. The molecule has 1 aliphatic heterocycles. The van der Waals surface area contributed by atoms with Crippen LogP contribution in [0.25, 0.3) is 0 Å². The molecule has 130 valence electrons. The maximum Gasteiger partial charge on any atom is 0.284 e. The number of benzene rings is 2. The average Bonchev–Trinajstić information content (AvgIpc) is 2.90. The molecular formula is C18H18N2O3S2. The molecule has 1 aliphatic rings. The van der Waals surface area contributed by atoms with Crippen LogP contribution in [0.2, 0.25) is 0 Å². The lowest BCUT2D eigenvalue weighted by Gasteiger charge is -2.16. The van der Waals surface area contributed by atoms with E-state index in [-0.39, 0.29) is 21.2 Å². The van der Waals surface area contributed by atoms with E-state index in [1.807, 2.05) is 19.9 Å². The Kier molecular flexibility index (Phi) is 4.96. The van der Waals surface area contributed by atoms with Gasteiger partial charge < -0.3 is 0 Å². The van der Waals surface area contributed by atoms with E-state index < -0.39 is 10.0 Å². The lowest BCUT2D eigenvalue weighted by molar-refractivity contribution is -0.116. The Morgan fingerprint density at radius 3 is 2.32 bits per heavy atom. The molecule has 0 N–H and O–H groups in total. The summed E-state index contributed by atoms with van der Waals surface area (Å²) in [6, 6.07) is 15.5. The number of carbonyl (C=O) groups is 1. The lowest BCUT2D eigenvalue weighted by Crippen LogP contribution is -2.32. The normalized spacial score (nSPS) is 19.6. The fraction of sp³-hybridized carbons (Fsp3) is 0.222. The first kappa shape index (κ1) is 17.7. The summed E-state index contributed by atoms with van der Waals surface area (Å²) in [6.07, 6.45) is 0.608. The highest BCUT2D eigenvalue weighted by Crippen LogP contribution is 2.34. The van der Waals surface area contributed by atoms with Gasteiger partial charge in [-0.25, -0.2) is 0 Å². The van der Waals surface area contributed by atoms with Crippen molar-refractivity contribution in [3.63, 3.8) is 0 Å². The van der Waals surface area contributed by atoms with Crippen LogP contribution in [0, 0.1) is 6.92 Å². The maximum atomic E-state index is 12.6. The lowest BCUT2D eigenvalue weighted by atomic mass is 10.2. The minimum atomic E-state index is -3.88. The number of aryl methyl sites for hydroxylation is 1. The van der Waals surface area contributed by atoms with Gasteiger partial charge in [0, 0.05) is 0 Å². The zero-order valence-electron chi connectivity index (χ0n) is 13.9. The van der Waals surface area contributed by atoms with E-state index in [1.54, 1.807) is 36.4 Å².